The van der Waals surface area contributed by atoms with Gasteiger partial charge in [0.2, 0.25) is 5.91 Å². The van der Waals surface area contributed by atoms with Gasteiger partial charge >= 0.3 is 0 Å². The molecule has 3 rings (SSSR count). The Labute approximate surface area is 184 Å². The number of aromatic nitrogens is 3. The van der Waals surface area contributed by atoms with Gasteiger partial charge in [-0.2, -0.15) is 0 Å². The molecule has 0 saturated carbocycles. The van der Waals surface area contributed by atoms with Gasteiger partial charge in [-0.25, -0.2) is 0 Å². The molecular weight excluding hydrogens is 427 g/mol. The summed E-state index contributed by atoms with van der Waals surface area (Å²) in [4.78, 5) is 12.1. The largest absolute Gasteiger partial charge is 0.345 e. The minimum Gasteiger partial charge on any atom is -0.345 e. The number of amides is 1. The van der Waals surface area contributed by atoms with E-state index in [-0.39, 0.29) is 5.91 Å². The average Bonchev–Trinajstić information content (AvgIpc) is 3.13. The zero-order valence-corrected chi connectivity index (χ0v) is 18.1. The van der Waals surface area contributed by atoms with E-state index in [1.54, 1.807) is 23.9 Å². The van der Waals surface area contributed by atoms with Crippen molar-refractivity contribution in [2.75, 3.05) is 0 Å². The summed E-state index contributed by atoms with van der Waals surface area (Å²) in [6.07, 6.45) is 3.15. The second-order valence-electron chi connectivity index (χ2n) is 6.13. The van der Waals surface area contributed by atoms with E-state index in [0.717, 1.165) is 33.6 Å². The van der Waals surface area contributed by atoms with Crippen molar-refractivity contribution in [2.45, 2.75) is 30.9 Å². The van der Waals surface area contributed by atoms with Gasteiger partial charge in [-0.15, -0.1) is 10.2 Å². The van der Waals surface area contributed by atoms with Gasteiger partial charge in [-0.1, -0.05) is 65.3 Å². The maximum atomic E-state index is 12.1. The van der Waals surface area contributed by atoms with Crippen LogP contribution in [0.4, 0.5) is 0 Å². The number of hydrogen-bond acceptors (Lipinski definition) is 4. The topological polar surface area (TPSA) is 59.8 Å². The molecule has 1 aromatic heterocycles. The Bertz CT molecular complexity index is 1000. The average molecular weight is 447 g/mol. The smallest absolute Gasteiger partial charge is 0.244 e. The summed E-state index contributed by atoms with van der Waals surface area (Å²) < 4.78 is 2.00. The highest BCUT2D eigenvalue weighted by Gasteiger charge is 2.12. The highest BCUT2D eigenvalue weighted by atomic mass is 35.5. The minimum atomic E-state index is -0.217. The molecule has 0 atom stereocenters. The van der Waals surface area contributed by atoms with E-state index in [1.165, 1.54) is 6.08 Å². The highest BCUT2D eigenvalue weighted by molar-refractivity contribution is 7.98. The number of thioether (sulfide) groups is 1. The number of rotatable bonds is 8. The lowest BCUT2D eigenvalue weighted by Gasteiger charge is -2.08. The van der Waals surface area contributed by atoms with Crippen LogP contribution in [-0.4, -0.2) is 20.7 Å². The van der Waals surface area contributed by atoms with Crippen LogP contribution in [0.2, 0.25) is 10.0 Å². The van der Waals surface area contributed by atoms with Gasteiger partial charge in [0.25, 0.3) is 0 Å². The van der Waals surface area contributed by atoms with Crippen molar-refractivity contribution in [1.29, 1.82) is 0 Å². The first-order chi connectivity index (χ1) is 14.1. The molecule has 8 heteroatoms. The van der Waals surface area contributed by atoms with Gasteiger partial charge in [0, 0.05) is 28.4 Å². The summed E-state index contributed by atoms with van der Waals surface area (Å²) in [5, 5.41) is 13.5. The van der Waals surface area contributed by atoms with Crippen molar-refractivity contribution in [3.63, 3.8) is 0 Å². The van der Waals surface area contributed by atoms with Gasteiger partial charge in [0.15, 0.2) is 11.0 Å². The molecule has 0 bridgehead atoms. The molecule has 1 amide bonds. The molecule has 0 unspecified atom stereocenters. The van der Waals surface area contributed by atoms with Crippen molar-refractivity contribution in [2.24, 2.45) is 0 Å². The number of nitrogens with zero attached hydrogens (tertiary/aromatic N) is 3. The number of carbonyl (C=O) groups is 1. The maximum Gasteiger partial charge on any atom is 0.244 e. The van der Waals surface area contributed by atoms with Crippen LogP contribution in [0.25, 0.3) is 6.08 Å². The molecule has 1 heterocycles. The molecular formula is C21H20Cl2N4OS. The third-order valence-corrected chi connectivity index (χ3v) is 5.77. The van der Waals surface area contributed by atoms with E-state index in [0.29, 0.717) is 17.4 Å². The summed E-state index contributed by atoms with van der Waals surface area (Å²) in [5.41, 5.74) is 1.95. The van der Waals surface area contributed by atoms with Crippen LogP contribution in [-0.2, 0) is 23.6 Å². The normalized spacial score (nSPS) is 11.1. The minimum absolute atomic E-state index is 0.217. The van der Waals surface area contributed by atoms with Crippen molar-refractivity contribution in [1.82, 2.24) is 20.1 Å². The van der Waals surface area contributed by atoms with E-state index in [2.05, 4.69) is 15.5 Å². The van der Waals surface area contributed by atoms with Crippen LogP contribution in [0.5, 0.6) is 0 Å². The number of nitrogens with one attached hydrogen (secondary N) is 1. The van der Waals surface area contributed by atoms with Gasteiger partial charge < -0.3 is 9.88 Å². The molecule has 0 aliphatic rings. The molecule has 0 aliphatic heterocycles. The van der Waals surface area contributed by atoms with E-state index >= 15 is 0 Å². The standard InChI is InChI=1S/C21H20Cl2N4OS/c1-2-27-19(13-24-20(28)12-9-16-5-3-4-6-18(16)23)25-26-21(27)29-14-15-7-10-17(22)11-8-15/h3-12H,2,13-14H2,1H3,(H,24,28). The first-order valence-corrected chi connectivity index (χ1v) is 10.8. The van der Waals surface area contributed by atoms with Gasteiger partial charge in [0.1, 0.15) is 0 Å². The van der Waals surface area contributed by atoms with E-state index in [4.69, 9.17) is 23.2 Å². The lowest BCUT2D eigenvalue weighted by Crippen LogP contribution is -2.22. The summed E-state index contributed by atoms with van der Waals surface area (Å²) in [5.74, 6) is 1.26. The molecule has 150 valence electrons. The Morgan fingerprint density at radius 3 is 2.62 bits per heavy atom. The summed E-state index contributed by atoms with van der Waals surface area (Å²) in [6, 6.07) is 15.1. The quantitative estimate of drug-likeness (QED) is 0.380. The highest BCUT2D eigenvalue weighted by Crippen LogP contribution is 2.23. The van der Waals surface area contributed by atoms with Crippen molar-refractivity contribution in [3.05, 3.63) is 81.6 Å². The van der Waals surface area contributed by atoms with Crippen molar-refractivity contribution < 1.29 is 4.79 Å². The van der Waals surface area contributed by atoms with Crippen molar-refractivity contribution in [3.8, 4) is 0 Å². The Hall–Kier alpha value is -2.28. The predicted molar refractivity (Wildman–Crippen MR) is 119 cm³/mol. The number of hydrogen-bond donors (Lipinski definition) is 1. The Balaban J connectivity index is 1.57. The molecule has 29 heavy (non-hydrogen) atoms. The van der Waals surface area contributed by atoms with Crippen LogP contribution >= 0.6 is 35.0 Å². The van der Waals surface area contributed by atoms with E-state index in [1.807, 2.05) is 54.0 Å². The molecule has 0 aliphatic carbocycles. The fraction of sp³-hybridized carbons (Fsp3) is 0.190. The van der Waals surface area contributed by atoms with E-state index in [9.17, 15) is 4.79 Å². The fourth-order valence-corrected chi connectivity index (χ4v) is 3.91. The van der Waals surface area contributed by atoms with Gasteiger partial charge in [0.05, 0.1) is 6.54 Å². The summed E-state index contributed by atoms with van der Waals surface area (Å²) in [6.45, 7) is 3.04. The van der Waals surface area contributed by atoms with Crippen LogP contribution < -0.4 is 5.32 Å². The molecule has 0 radical (unpaired) electrons. The molecule has 1 N–H and O–H groups in total. The number of carbonyl (C=O) groups excluding carboxylic acids is 1. The lowest BCUT2D eigenvalue weighted by atomic mass is 10.2. The zero-order valence-electron chi connectivity index (χ0n) is 15.8. The monoisotopic (exact) mass is 446 g/mol. The zero-order chi connectivity index (χ0) is 20.6. The third kappa shape index (κ3) is 6.10. The predicted octanol–water partition coefficient (Wildman–Crippen LogP) is 5.23. The first kappa shape index (κ1) is 21.4. The van der Waals surface area contributed by atoms with Crippen LogP contribution in [0.15, 0.2) is 59.8 Å². The molecule has 5 nitrogen and oxygen atoms in total. The third-order valence-electron chi connectivity index (χ3n) is 4.13. The summed E-state index contributed by atoms with van der Waals surface area (Å²) >= 11 is 13.6. The number of benzene rings is 2. The molecule has 0 spiro atoms. The Morgan fingerprint density at radius 1 is 1.14 bits per heavy atom. The van der Waals surface area contributed by atoms with Crippen LogP contribution in [0.1, 0.15) is 23.9 Å². The molecule has 2 aromatic carbocycles. The van der Waals surface area contributed by atoms with Gasteiger partial charge in [-0.05, 0) is 42.3 Å². The first-order valence-electron chi connectivity index (χ1n) is 9.06. The second-order valence-corrected chi connectivity index (χ2v) is 7.92. The Kier molecular flexibility index (Phi) is 7.75. The van der Waals surface area contributed by atoms with Gasteiger partial charge in [-0.3, -0.25) is 4.79 Å². The number of halogens is 2. The SMILES string of the molecule is CCn1c(CNC(=O)C=Cc2ccccc2Cl)nnc1SCc1ccc(Cl)cc1. The van der Waals surface area contributed by atoms with Crippen molar-refractivity contribution >= 4 is 46.9 Å². The lowest BCUT2D eigenvalue weighted by molar-refractivity contribution is -0.116. The summed E-state index contributed by atoms with van der Waals surface area (Å²) in [7, 11) is 0. The fourth-order valence-electron chi connectivity index (χ4n) is 2.60. The van der Waals surface area contributed by atoms with Crippen LogP contribution in [0, 0.1) is 0 Å². The van der Waals surface area contributed by atoms with Crippen LogP contribution in [0.3, 0.4) is 0 Å². The maximum absolute atomic E-state index is 12.1. The molecule has 3 aromatic rings. The molecule has 0 saturated heterocycles. The second kappa shape index (κ2) is 10.5. The molecule has 0 fully saturated rings. The Morgan fingerprint density at radius 2 is 1.90 bits per heavy atom. The van der Waals surface area contributed by atoms with E-state index < -0.39 is 0 Å².